The first-order valence-electron chi connectivity index (χ1n) is 9.01. The minimum Gasteiger partial charge on any atom is -0.459 e. The maximum absolute atomic E-state index is 12.9. The van der Waals surface area contributed by atoms with Crippen molar-refractivity contribution in [2.45, 2.75) is 26.7 Å². The molecule has 148 valence electrons. The summed E-state index contributed by atoms with van der Waals surface area (Å²) in [7, 11) is 0. The van der Waals surface area contributed by atoms with E-state index in [4.69, 9.17) is 9.68 Å². The molecule has 7 nitrogen and oxygen atoms in total. The van der Waals surface area contributed by atoms with Gasteiger partial charge in [0.05, 0.1) is 30.9 Å². The number of aryl methyl sites for hydroxylation is 2. The van der Waals surface area contributed by atoms with E-state index < -0.39 is 5.91 Å². The van der Waals surface area contributed by atoms with Gasteiger partial charge in [0.1, 0.15) is 0 Å². The minimum absolute atomic E-state index is 0.0749. The fourth-order valence-electron chi connectivity index (χ4n) is 2.72. The first-order chi connectivity index (χ1) is 14.0. The molecule has 29 heavy (non-hydrogen) atoms. The molecule has 0 bridgehead atoms. The van der Waals surface area contributed by atoms with Gasteiger partial charge in [0.15, 0.2) is 10.9 Å². The van der Waals surface area contributed by atoms with Crippen LogP contribution in [-0.2, 0) is 11.2 Å². The van der Waals surface area contributed by atoms with Gasteiger partial charge in [0.25, 0.3) is 5.91 Å². The second kappa shape index (κ2) is 9.17. The first-order valence-corrected chi connectivity index (χ1v) is 9.89. The van der Waals surface area contributed by atoms with Crippen LogP contribution in [0.25, 0.3) is 0 Å². The maximum Gasteiger partial charge on any atom is 0.293 e. The third-order valence-electron chi connectivity index (χ3n) is 4.40. The predicted molar refractivity (Wildman–Crippen MR) is 111 cm³/mol. The monoisotopic (exact) mass is 408 g/mol. The number of rotatable bonds is 7. The molecule has 0 radical (unpaired) electrons. The minimum atomic E-state index is -0.395. The Kier molecular flexibility index (Phi) is 6.42. The van der Waals surface area contributed by atoms with Crippen LogP contribution in [0.3, 0.4) is 0 Å². The number of furan rings is 1. The number of benzene rings is 1. The molecule has 0 atom stereocenters. The molecule has 0 fully saturated rings. The molecule has 3 aromatic rings. The van der Waals surface area contributed by atoms with Crippen molar-refractivity contribution in [2.24, 2.45) is 0 Å². The fraction of sp³-hybridized carbons (Fsp3) is 0.238. The predicted octanol–water partition coefficient (Wildman–Crippen LogP) is 4.09. The Labute approximate surface area is 172 Å². The van der Waals surface area contributed by atoms with Crippen molar-refractivity contribution in [1.29, 1.82) is 5.26 Å². The zero-order chi connectivity index (χ0) is 20.8. The molecule has 0 unspecified atom stereocenters. The summed E-state index contributed by atoms with van der Waals surface area (Å²) >= 11 is 1.24. The van der Waals surface area contributed by atoms with Gasteiger partial charge in [-0.05, 0) is 49.2 Å². The molecule has 0 saturated carbocycles. The van der Waals surface area contributed by atoms with Gasteiger partial charge >= 0.3 is 0 Å². The number of hydrogen-bond donors (Lipinski definition) is 1. The van der Waals surface area contributed by atoms with E-state index in [1.54, 1.807) is 22.4 Å². The van der Waals surface area contributed by atoms with Gasteiger partial charge in [-0.3, -0.25) is 14.9 Å². The van der Waals surface area contributed by atoms with Gasteiger partial charge in [-0.1, -0.05) is 6.07 Å². The smallest absolute Gasteiger partial charge is 0.293 e. The molecule has 2 amide bonds. The van der Waals surface area contributed by atoms with Crippen LogP contribution in [0.5, 0.6) is 0 Å². The lowest BCUT2D eigenvalue weighted by Gasteiger charge is -2.22. The van der Waals surface area contributed by atoms with Gasteiger partial charge < -0.3 is 9.32 Å². The van der Waals surface area contributed by atoms with Crippen LogP contribution in [-0.4, -0.2) is 23.3 Å². The van der Waals surface area contributed by atoms with Crippen molar-refractivity contribution < 1.29 is 14.0 Å². The summed E-state index contributed by atoms with van der Waals surface area (Å²) in [5.74, 6) is -0.360. The Bertz CT molecular complexity index is 1050. The van der Waals surface area contributed by atoms with Gasteiger partial charge in [-0.2, -0.15) is 5.26 Å². The number of carbonyl (C=O) groups excluding carboxylic acids is 2. The van der Waals surface area contributed by atoms with Crippen molar-refractivity contribution in [1.82, 2.24) is 4.98 Å². The molecule has 8 heteroatoms. The van der Waals surface area contributed by atoms with Gasteiger partial charge in [-0.25, -0.2) is 4.98 Å². The Morgan fingerprint density at radius 3 is 2.79 bits per heavy atom. The third kappa shape index (κ3) is 5.09. The number of aromatic nitrogens is 1. The highest BCUT2D eigenvalue weighted by atomic mass is 32.1. The van der Waals surface area contributed by atoms with E-state index in [0.717, 1.165) is 16.8 Å². The number of carbonyl (C=O) groups is 2. The second-order valence-corrected chi connectivity index (χ2v) is 7.33. The van der Waals surface area contributed by atoms with Crippen LogP contribution in [0.1, 0.15) is 33.8 Å². The number of hydrogen-bond acceptors (Lipinski definition) is 6. The van der Waals surface area contributed by atoms with E-state index in [1.807, 2.05) is 32.0 Å². The average Bonchev–Trinajstić information content (AvgIpc) is 3.37. The van der Waals surface area contributed by atoms with Crippen molar-refractivity contribution in [3.63, 3.8) is 0 Å². The maximum atomic E-state index is 12.9. The number of amides is 2. The molecule has 2 heterocycles. The molecule has 2 aromatic heterocycles. The molecule has 3 rings (SSSR count). The van der Waals surface area contributed by atoms with E-state index in [1.165, 1.54) is 17.6 Å². The molecule has 0 aliphatic carbocycles. The van der Waals surface area contributed by atoms with Gasteiger partial charge in [0.2, 0.25) is 5.91 Å². The summed E-state index contributed by atoms with van der Waals surface area (Å²) in [5.41, 5.74) is 3.53. The Hall–Kier alpha value is -3.44. The highest BCUT2D eigenvalue weighted by molar-refractivity contribution is 7.14. The molecule has 0 aliphatic rings. The summed E-state index contributed by atoms with van der Waals surface area (Å²) in [6.07, 6.45) is 1.73. The average molecular weight is 408 g/mol. The highest BCUT2D eigenvalue weighted by Crippen LogP contribution is 2.22. The van der Waals surface area contributed by atoms with Gasteiger partial charge in [-0.15, -0.1) is 11.3 Å². The lowest BCUT2D eigenvalue weighted by molar-refractivity contribution is -0.118. The fourth-order valence-corrected chi connectivity index (χ4v) is 3.42. The van der Waals surface area contributed by atoms with Crippen molar-refractivity contribution >= 4 is 34.0 Å². The highest BCUT2D eigenvalue weighted by Gasteiger charge is 2.19. The van der Waals surface area contributed by atoms with Crippen molar-refractivity contribution in [3.8, 4) is 6.07 Å². The Balaban J connectivity index is 1.71. The van der Waals surface area contributed by atoms with Crippen LogP contribution >= 0.6 is 11.3 Å². The lowest BCUT2D eigenvalue weighted by Crippen LogP contribution is -2.33. The number of thiazole rings is 1. The van der Waals surface area contributed by atoms with E-state index in [0.29, 0.717) is 17.4 Å². The molecule has 0 spiro atoms. The van der Waals surface area contributed by atoms with Crippen LogP contribution in [0.4, 0.5) is 10.8 Å². The zero-order valence-electron chi connectivity index (χ0n) is 16.1. The summed E-state index contributed by atoms with van der Waals surface area (Å²) in [4.78, 5) is 30.9. The summed E-state index contributed by atoms with van der Waals surface area (Å²) < 4.78 is 5.05. The normalized spacial score (nSPS) is 10.4. The lowest BCUT2D eigenvalue weighted by atomic mass is 10.1. The Morgan fingerprint density at radius 1 is 1.28 bits per heavy atom. The molecular formula is C21H20N4O3S. The summed E-state index contributed by atoms with van der Waals surface area (Å²) in [6.45, 7) is 4.30. The van der Waals surface area contributed by atoms with Crippen molar-refractivity contribution in [3.05, 3.63) is 64.6 Å². The summed E-state index contributed by atoms with van der Waals surface area (Å²) in [6, 6.07) is 11.1. The largest absolute Gasteiger partial charge is 0.459 e. The van der Waals surface area contributed by atoms with E-state index in [9.17, 15) is 9.59 Å². The summed E-state index contributed by atoms with van der Waals surface area (Å²) in [5, 5.41) is 13.7. The van der Waals surface area contributed by atoms with Crippen LogP contribution in [0.15, 0.2) is 46.4 Å². The SMILES string of the molecule is Cc1ccc(N(CCC#N)C(=O)Cc2csc(NC(=O)c3ccco3)n2)cc1C. The van der Waals surface area contributed by atoms with E-state index in [2.05, 4.69) is 16.4 Å². The van der Waals surface area contributed by atoms with Gasteiger partial charge in [0, 0.05) is 17.6 Å². The quantitative estimate of drug-likeness (QED) is 0.635. The standard InChI is InChI=1S/C21H20N4O3S/c1-14-6-7-17(11-15(14)2)25(9-4-8-22)19(26)12-16-13-29-21(23-16)24-20(27)18-5-3-10-28-18/h3,5-7,10-11,13H,4,9,12H2,1-2H3,(H,23,24,27). The molecule has 1 aromatic carbocycles. The number of nitrogens with one attached hydrogen (secondary N) is 1. The number of nitrogens with zero attached hydrogens (tertiary/aromatic N) is 3. The molecular weight excluding hydrogens is 388 g/mol. The first kappa shape index (κ1) is 20.3. The van der Waals surface area contributed by atoms with Crippen LogP contribution in [0.2, 0.25) is 0 Å². The van der Waals surface area contributed by atoms with Crippen LogP contribution in [0, 0.1) is 25.2 Å². The number of anilines is 2. The van der Waals surface area contributed by atoms with E-state index in [-0.39, 0.29) is 24.5 Å². The zero-order valence-corrected chi connectivity index (χ0v) is 17.0. The Morgan fingerprint density at radius 2 is 2.10 bits per heavy atom. The van der Waals surface area contributed by atoms with E-state index >= 15 is 0 Å². The van der Waals surface area contributed by atoms with Crippen molar-refractivity contribution in [2.75, 3.05) is 16.8 Å². The topological polar surface area (TPSA) is 99.2 Å². The molecule has 0 saturated heterocycles. The van der Waals surface area contributed by atoms with Crippen LogP contribution < -0.4 is 10.2 Å². The third-order valence-corrected chi connectivity index (χ3v) is 5.21. The molecule has 0 aliphatic heterocycles. The molecule has 1 N–H and O–H groups in total. The number of nitriles is 1. The second-order valence-electron chi connectivity index (χ2n) is 6.47.